The van der Waals surface area contributed by atoms with Gasteiger partial charge in [-0.2, -0.15) is 0 Å². The van der Waals surface area contributed by atoms with Crippen molar-refractivity contribution < 1.29 is 23.8 Å². The first-order valence-corrected chi connectivity index (χ1v) is 8.28. The van der Waals surface area contributed by atoms with Crippen LogP contribution < -0.4 is 20.2 Å². The molecule has 1 atom stereocenters. The minimum atomic E-state index is -1.15. The van der Waals surface area contributed by atoms with E-state index in [-0.39, 0.29) is 10.6 Å². The van der Waals surface area contributed by atoms with E-state index < -0.39 is 23.4 Å². The first-order valence-electron chi connectivity index (χ1n) is 7.90. The number of pyridine rings is 1. The van der Waals surface area contributed by atoms with Gasteiger partial charge in [-0.3, -0.25) is 9.59 Å². The van der Waals surface area contributed by atoms with Gasteiger partial charge in [0.1, 0.15) is 10.6 Å². The van der Waals surface area contributed by atoms with Crippen molar-refractivity contribution in [2.45, 2.75) is 20.0 Å². The lowest BCUT2D eigenvalue weighted by atomic mass is 10.2. The first-order chi connectivity index (χ1) is 12.8. The van der Waals surface area contributed by atoms with Crippen LogP contribution in [-0.2, 0) is 9.53 Å². The van der Waals surface area contributed by atoms with Crippen molar-refractivity contribution in [2.75, 3.05) is 19.5 Å². The molecule has 0 aliphatic heterocycles. The van der Waals surface area contributed by atoms with Gasteiger partial charge in [0.2, 0.25) is 5.43 Å². The van der Waals surface area contributed by atoms with E-state index in [2.05, 4.69) is 10.3 Å². The number of H-pyrrole nitrogens is 1. The van der Waals surface area contributed by atoms with Gasteiger partial charge >= 0.3 is 5.97 Å². The highest BCUT2D eigenvalue weighted by Gasteiger charge is 2.22. The molecular formula is C18H19ClN2O6. The zero-order valence-corrected chi connectivity index (χ0v) is 16.0. The molecule has 1 aromatic heterocycles. The highest BCUT2D eigenvalue weighted by molar-refractivity contribution is 6.31. The fourth-order valence-corrected chi connectivity index (χ4v) is 2.34. The number of ether oxygens (including phenoxy) is 3. The Hall–Kier alpha value is -3.00. The minimum Gasteiger partial charge on any atom is -0.493 e. The van der Waals surface area contributed by atoms with E-state index in [4.69, 9.17) is 25.8 Å². The Balaban J connectivity index is 2.09. The van der Waals surface area contributed by atoms with Gasteiger partial charge in [-0.25, -0.2) is 4.79 Å². The van der Waals surface area contributed by atoms with Crippen LogP contribution in [0, 0.1) is 6.92 Å². The van der Waals surface area contributed by atoms with Crippen LogP contribution in [0.4, 0.5) is 5.69 Å². The third kappa shape index (κ3) is 4.59. The number of aromatic amines is 1. The Labute approximate surface area is 160 Å². The monoisotopic (exact) mass is 394 g/mol. The molecule has 0 bridgehead atoms. The molecule has 0 aliphatic rings. The molecule has 2 rings (SSSR count). The van der Waals surface area contributed by atoms with Crippen LogP contribution in [0.25, 0.3) is 0 Å². The predicted molar refractivity (Wildman–Crippen MR) is 99.9 cm³/mol. The van der Waals surface area contributed by atoms with Crippen molar-refractivity contribution in [1.82, 2.24) is 4.98 Å². The Kier molecular flexibility index (Phi) is 6.46. The van der Waals surface area contributed by atoms with Crippen molar-refractivity contribution in [3.63, 3.8) is 0 Å². The summed E-state index contributed by atoms with van der Waals surface area (Å²) in [6, 6.07) is 4.80. The van der Waals surface area contributed by atoms with Gasteiger partial charge in [0, 0.05) is 23.6 Å². The summed E-state index contributed by atoms with van der Waals surface area (Å²) in [5.74, 6) is -0.593. The van der Waals surface area contributed by atoms with Crippen molar-refractivity contribution in [3.8, 4) is 11.5 Å². The third-order valence-corrected chi connectivity index (χ3v) is 4.19. The van der Waals surface area contributed by atoms with Crippen molar-refractivity contribution in [1.29, 1.82) is 0 Å². The zero-order chi connectivity index (χ0) is 20.1. The van der Waals surface area contributed by atoms with Crippen LogP contribution in [0.3, 0.4) is 0 Å². The number of anilines is 1. The normalized spacial score (nSPS) is 11.4. The number of nitrogens with one attached hydrogen (secondary N) is 2. The second kappa shape index (κ2) is 8.59. The van der Waals surface area contributed by atoms with Crippen LogP contribution >= 0.6 is 11.6 Å². The smallest absolute Gasteiger partial charge is 0.344 e. The fraction of sp³-hybridized carbons (Fsp3) is 0.278. The Bertz CT molecular complexity index is 925. The van der Waals surface area contributed by atoms with Crippen LogP contribution in [0.5, 0.6) is 11.5 Å². The molecule has 9 heteroatoms. The van der Waals surface area contributed by atoms with Crippen LogP contribution in [-0.4, -0.2) is 37.2 Å². The number of aromatic nitrogens is 1. The number of hydrogen-bond acceptors (Lipinski definition) is 6. The highest BCUT2D eigenvalue weighted by Crippen LogP contribution is 2.29. The van der Waals surface area contributed by atoms with Crippen LogP contribution in [0.2, 0.25) is 5.02 Å². The molecule has 0 saturated carbocycles. The van der Waals surface area contributed by atoms with E-state index in [9.17, 15) is 14.4 Å². The van der Waals surface area contributed by atoms with E-state index >= 15 is 0 Å². The summed E-state index contributed by atoms with van der Waals surface area (Å²) < 4.78 is 15.3. The molecule has 0 aliphatic carbocycles. The number of rotatable bonds is 6. The molecule has 8 nitrogen and oxygen atoms in total. The number of methoxy groups -OCH3 is 2. The van der Waals surface area contributed by atoms with E-state index in [0.717, 1.165) is 0 Å². The molecule has 1 heterocycles. The van der Waals surface area contributed by atoms with Gasteiger partial charge in [0.15, 0.2) is 17.6 Å². The molecule has 1 amide bonds. The number of hydrogen-bond donors (Lipinski definition) is 2. The molecule has 0 spiro atoms. The number of halogens is 1. The van der Waals surface area contributed by atoms with Crippen molar-refractivity contribution in [3.05, 3.63) is 50.9 Å². The molecule has 2 aromatic rings. The van der Waals surface area contributed by atoms with Gasteiger partial charge in [0.25, 0.3) is 5.91 Å². The fourth-order valence-electron chi connectivity index (χ4n) is 2.18. The summed E-state index contributed by atoms with van der Waals surface area (Å²) >= 11 is 5.83. The molecule has 0 fully saturated rings. The molecule has 0 radical (unpaired) electrons. The average Bonchev–Trinajstić information content (AvgIpc) is 2.65. The van der Waals surface area contributed by atoms with E-state index in [1.165, 1.54) is 27.3 Å². The summed E-state index contributed by atoms with van der Waals surface area (Å²) in [6.07, 6.45) is 0.0512. The second-order valence-corrected chi connectivity index (χ2v) is 5.95. The second-order valence-electron chi connectivity index (χ2n) is 5.58. The molecule has 27 heavy (non-hydrogen) atoms. The van der Waals surface area contributed by atoms with Crippen LogP contribution in [0.1, 0.15) is 23.0 Å². The maximum Gasteiger partial charge on any atom is 0.344 e. The standard InChI is InChI=1S/C18H19ClN2O6/c1-9-15(19)16(22)12(8-20-9)18(24)27-10(2)17(23)21-11-5-6-13(25-3)14(7-11)26-4/h5-8,10H,1-4H3,(H,20,22)(H,21,23)/t10-/m0/s1. The van der Waals surface area contributed by atoms with Gasteiger partial charge in [-0.1, -0.05) is 11.6 Å². The average molecular weight is 395 g/mol. The van der Waals surface area contributed by atoms with Crippen molar-refractivity contribution >= 4 is 29.2 Å². The Morgan fingerprint density at radius 2 is 1.85 bits per heavy atom. The molecular weight excluding hydrogens is 376 g/mol. The molecule has 0 saturated heterocycles. The van der Waals surface area contributed by atoms with Gasteiger partial charge in [-0.05, 0) is 26.0 Å². The maximum absolute atomic E-state index is 12.3. The Morgan fingerprint density at radius 1 is 1.19 bits per heavy atom. The summed E-state index contributed by atoms with van der Waals surface area (Å²) in [7, 11) is 2.97. The van der Waals surface area contributed by atoms with E-state index in [1.807, 2.05) is 0 Å². The maximum atomic E-state index is 12.3. The third-order valence-electron chi connectivity index (χ3n) is 3.73. The lowest BCUT2D eigenvalue weighted by Crippen LogP contribution is -2.31. The van der Waals surface area contributed by atoms with Crippen molar-refractivity contribution in [2.24, 2.45) is 0 Å². The molecule has 1 aromatic carbocycles. The summed E-state index contributed by atoms with van der Waals surface area (Å²) in [4.78, 5) is 39.2. The zero-order valence-electron chi connectivity index (χ0n) is 15.2. The topological polar surface area (TPSA) is 107 Å². The summed E-state index contributed by atoms with van der Waals surface area (Å²) in [5, 5.41) is 2.49. The molecule has 2 N–H and O–H groups in total. The summed E-state index contributed by atoms with van der Waals surface area (Å²) in [6.45, 7) is 2.98. The van der Waals surface area contributed by atoms with Gasteiger partial charge in [0.05, 0.1) is 14.2 Å². The number of carbonyl (C=O) groups excluding carboxylic acids is 2. The number of esters is 1. The SMILES string of the molecule is COc1ccc(NC(=O)[C@H](C)OC(=O)c2c[nH]c(C)c(Cl)c2=O)cc1OC. The van der Waals surface area contributed by atoms with Gasteiger partial charge in [-0.15, -0.1) is 0 Å². The molecule has 0 unspecified atom stereocenters. The Morgan fingerprint density at radius 3 is 2.48 bits per heavy atom. The van der Waals surface area contributed by atoms with Gasteiger partial charge < -0.3 is 24.5 Å². The number of amides is 1. The van der Waals surface area contributed by atoms with E-state index in [0.29, 0.717) is 22.9 Å². The lowest BCUT2D eigenvalue weighted by Gasteiger charge is -2.15. The number of aryl methyl sites for hydroxylation is 1. The largest absolute Gasteiger partial charge is 0.493 e. The molecule has 144 valence electrons. The quantitative estimate of drug-likeness (QED) is 0.729. The first kappa shape index (κ1) is 20.3. The minimum absolute atomic E-state index is 0.105. The lowest BCUT2D eigenvalue weighted by molar-refractivity contribution is -0.123. The van der Waals surface area contributed by atoms with Crippen LogP contribution in [0.15, 0.2) is 29.2 Å². The summed E-state index contributed by atoms with van der Waals surface area (Å²) in [5.41, 5.74) is -0.0870. The van der Waals surface area contributed by atoms with E-state index in [1.54, 1.807) is 25.1 Å². The predicted octanol–water partition coefficient (Wildman–Crippen LogP) is 2.54. The number of benzene rings is 1. The highest BCUT2D eigenvalue weighted by atomic mass is 35.5. The number of carbonyl (C=O) groups is 2.